The van der Waals surface area contributed by atoms with Crippen molar-refractivity contribution in [1.82, 2.24) is 30.2 Å². The lowest BCUT2D eigenvalue weighted by Gasteiger charge is -2.10. The Morgan fingerprint density at radius 1 is 1.28 bits per heavy atom. The molecular weight excluding hydrogens is 250 g/mol. The maximum atomic E-state index is 5.60. The third kappa shape index (κ3) is 2.28. The summed E-state index contributed by atoms with van der Waals surface area (Å²) >= 11 is 1.40. The summed E-state index contributed by atoms with van der Waals surface area (Å²) in [6, 6.07) is 0.413. The minimum Gasteiger partial charge on any atom is -0.382 e. The van der Waals surface area contributed by atoms with E-state index in [1.807, 2.05) is 4.68 Å². The number of hydrogen-bond donors (Lipinski definition) is 1. The number of anilines is 1. The van der Waals surface area contributed by atoms with Crippen LogP contribution in [-0.2, 0) is 0 Å². The van der Waals surface area contributed by atoms with Gasteiger partial charge in [0.15, 0.2) is 0 Å². The molecule has 2 aromatic rings. The summed E-state index contributed by atoms with van der Waals surface area (Å²) in [6.07, 6.45) is 7.95. The number of nitrogens with two attached hydrogens (primary N) is 1. The largest absolute Gasteiger partial charge is 0.382 e. The minimum atomic E-state index is 0.403. The van der Waals surface area contributed by atoms with Gasteiger partial charge in [0.25, 0.3) is 0 Å². The Bertz CT molecular complexity index is 535. The van der Waals surface area contributed by atoms with Crippen LogP contribution in [0.3, 0.4) is 0 Å². The lowest BCUT2D eigenvalue weighted by molar-refractivity contribution is 0.423. The monoisotopic (exact) mass is 263 g/mol. The number of tetrazole rings is 1. The van der Waals surface area contributed by atoms with Gasteiger partial charge < -0.3 is 5.73 Å². The van der Waals surface area contributed by atoms with Crippen molar-refractivity contribution in [3.63, 3.8) is 0 Å². The maximum Gasteiger partial charge on any atom is 0.215 e. The Balaban J connectivity index is 1.82. The van der Waals surface area contributed by atoms with Gasteiger partial charge in [-0.3, -0.25) is 4.98 Å². The van der Waals surface area contributed by atoms with Crippen LogP contribution in [-0.4, -0.2) is 30.2 Å². The van der Waals surface area contributed by atoms with E-state index in [-0.39, 0.29) is 0 Å². The Hall–Kier alpha value is -1.70. The van der Waals surface area contributed by atoms with Crippen LogP contribution < -0.4 is 5.73 Å². The number of nitrogens with zero attached hydrogens (tertiary/aromatic N) is 6. The predicted molar refractivity (Wildman–Crippen MR) is 65.9 cm³/mol. The van der Waals surface area contributed by atoms with E-state index in [2.05, 4.69) is 25.5 Å². The van der Waals surface area contributed by atoms with Crippen LogP contribution in [0.5, 0.6) is 0 Å². The first-order valence-corrected chi connectivity index (χ1v) is 6.68. The van der Waals surface area contributed by atoms with E-state index in [1.165, 1.54) is 30.8 Å². The molecule has 0 atom stereocenters. The average Bonchev–Trinajstić information content (AvgIpc) is 2.98. The highest BCUT2D eigenvalue weighted by Gasteiger charge is 2.22. The van der Waals surface area contributed by atoms with Gasteiger partial charge in [-0.2, -0.15) is 0 Å². The molecule has 1 aliphatic carbocycles. The van der Waals surface area contributed by atoms with Gasteiger partial charge in [0.1, 0.15) is 10.8 Å². The van der Waals surface area contributed by atoms with Crippen molar-refractivity contribution in [1.29, 1.82) is 0 Å². The highest BCUT2D eigenvalue weighted by molar-refractivity contribution is 7.99. The van der Waals surface area contributed by atoms with E-state index >= 15 is 0 Å². The lowest BCUT2D eigenvalue weighted by Crippen LogP contribution is -2.08. The van der Waals surface area contributed by atoms with Gasteiger partial charge in [-0.05, 0) is 35.0 Å². The fraction of sp³-hybridized carbons (Fsp3) is 0.500. The Morgan fingerprint density at radius 2 is 2.11 bits per heavy atom. The molecule has 3 rings (SSSR count). The van der Waals surface area contributed by atoms with Crippen molar-refractivity contribution in [2.24, 2.45) is 0 Å². The summed E-state index contributed by atoms with van der Waals surface area (Å²) in [5.41, 5.74) is 5.60. The second kappa shape index (κ2) is 4.89. The molecule has 0 radical (unpaired) electrons. The molecule has 1 aliphatic rings. The van der Waals surface area contributed by atoms with Crippen LogP contribution in [0.15, 0.2) is 22.6 Å². The standard InChI is InChI=1S/C10H13N7S/c11-8-5-12-6-9(13-8)18-10-14-15-16-17(10)7-3-1-2-4-7/h5-7H,1-4H2,(H2,11,13). The molecular formula is C10H13N7S. The first-order chi connectivity index (χ1) is 8.83. The first kappa shape index (κ1) is 11.4. The third-order valence-corrected chi connectivity index (χ3v) is 3.82. The molecule has 0 aromatic carbocycles. The molecule has 2 heterocycles. The van der Waals surface area contributed by atoms with E-state index in [0.717, 1.165) is 18.0 Å². The summed E-state index contributed by atoms with van der Waals surface area (Å²) in [6.45, 7) is 0. The first-order valence-electron chi connectivity index (χ1n) is 5.86. The summed E-state index contributed by atoms with van der Waals surface area (Å²) in [5, 5.41) is 13.3. The summed E-state index contributed by atoms with van der Waals surface area (Å²) in [4.78, 5) is 8.19. The van der Waals surface area contributed by atoms with Gasteiger partial charge in [0.05, 0.1) is 18.4 Å². The Morgan fingerprint density at radius 3 is 2.89 bits per heavy atom. The summed E-state index contributed by atoms with van der Waals surface area (Å²) in [7, 11) is 0. The molecule has 94 valence electrons. The molecule has 0 saturated heterocycles. The lowest BCUT2D eigenvalue weighted by atomic mass is 10.3. The molecule has 0 amide bonds. The molecule has 18 heavy (non-hydrogen) atoms. The Labute approximate surface area is 108 Å². The van der Waals surface area contributed by atoms with Crippen LogP contribution in [0, 0.1) is 0 Å². The second-order valence-electron chi connectivity index (χ2n) is 4.23. The van der Waals surface area contributed by atoms with Crippen molar-refractivity contribution < 1.29 is 0 Å². The normalized spacial score (nSPS) is 16.2. The molecule has 0 unspecified atom stereocenters. The SMILES string of the molecule is Nc1cncc(Sc2nnnn2C2CCCC2)n1. The van der Waals surface area contributed by atoms with Gasteiger partial charge in [0.2, 0.25) is 5.16 Å². The molecule has 7 nitrogen and oxygen atoms in total. The van der Waals surface area contributed by atoms with Crippen LogP contribution in [0.2, 0.25) is 0 Å². The van der Waals surface area contributed by atoms with Crippen molar-refractivity contribution >= 4 is 17.6 Å². The zero-order valence-corrected chi connectivity index (χ0v) is 10.5. The molecule has 0 spiro atoms. The Kier molecular flexibility index (Phi) is 3.09. The second-order valence-corrected chi connectivity index (χ2v) is 5.22. The third-order valence-electron chi connectivity index (χ3n) is 2.96. The van der Waals surface area contributed by atoms with Crippen LogP contribution in [0.25, 0.3) is 0 Å². The van der Waals surface area contributed by atoms with Gasteiger partial charge >= 0.3 is 0 Å². The molecule has 1 saturated carbocycles. The van der Waals surface area contributed by atoms with Crippen LogP contribution in [0.4, 0.5) is 5.82 Å². The number of rotatable bonds is 3. The van der Waals surface area contributed by atoms with Crippen LogP contribution >= 0.6 is 11.8 Å². The highest BCUT2D eigenvalue weighted by atomic mass is 32.2. The molecule has 8 heteroatoms. The van der Waals surface area contributed by atoms with E-state index in [4.69, 9.17) is 5.73 Å². The number of hydrogen-bond acceptors (Lipinski definition) is 7. The predicted octanol–water partition coefficient (Wildman–Crippen LogP) is 1.31. The van der Waals surface area contributed by atoms with Gasteiger partial charge in [0, 0.05) is 0 Å². The number of nitrogen functional groups attached to an aromatic ring is 1. The zero-order valence-electron chi connectivity index (χ0n) is 9.73. The molecule has 0 aliphatic heterocycles. The van der Waals surface area contributed by atoms with E-state index in [0.29, 0.717) is 16.9 Å². The quantitative estimate of drug-likeness (QED) is 0.891. The highest BCUT2D eigenvalue weighted by Crippen LogP contribution is 2.33. The van der Waals surface area contributed by atoms with Gasteiger partial charge in [-0.15, -0.1) is 5.10 Å². The minimum absolute atomic E-state index is 0.403. The van der Waals surface area contributed by atoms with E-state index < -0.39 is 0 Å². The zero-order chi connectivity index (χ0) is 12.4. The fourth-order valence-corrected chi connectivity index (χ4v) is 2.94. The molecule has 2 N–H and O–H groups in total. The van der Waals surface area contributed by atoms with Crippen LogP contribution in [0.1, 0.15) is 31.7 Å². The van der Waals surface area contributed by atoms with E-state index in [9.17, 15) is 0 Å². The smallest absolute Gasteiger partial charge is 0.215 e. The molecule has 0 bridgehead atoms. The van der Waals surface area contributed by atoms with Crippen molar-refractivity contribution in [2.75, 3.05) is 5.73 Å². The van der Waals surface area contributed by atoms with Gasteiger partial charge in [-0.25, -0.2) is 9.67 Å². The average molecular weight is 263 g/mol. The van der Waals surface area contributed by atoms with Gasteiger partial charge in [-0.1, -0.05) is 12.8 Å². The van der Waals surface area contributed by atoms with Crippen molar-refractivity contribution in [3.8, 4) is 0 Å². The topological polar surface area (TPSA) is 95.4 Å². The molecule has 1 fully saturated rings. The molecule has 2 aromatic heterocycles. The fourth-order valence-electron chi connectivity index (χ4n) is 2.14. The maximum absolute atomic E-state index is 5.60. The van der Waals surface area contributed by atoms with E-state index in [1.54, 1.807) is 6.20 Å². The summed E-state index contributed by atoms with van der Waals surface area (Å²) in [5.74, 6) is 0.403. The van der Waals surface area contributed by atoms with Crippen molar-refractivity contribution in [2.45, 2.75) is 41.9 Å². The summed E-state index contributed by atoms with van der Waals surface area (Å²) < 4.78 is 1.89. The number of aromatic nitrogens is 6. The van der Waals surface area contributed by atoms with Crippen molar-refractivity contribution in [3.05, 3.63) is 12.4 Å².